The molecule has 1 aromatic carbocycles. The van der Waals surface area contributed by atoms with Gasteiger partial charge in [0, 0.05) is 44.7 Å². The molecule has 0 aliphatic heterocycles. The number of rotatable bonds is 8. The number of nitrogens with one attached hydrogen (secondary N) is 1. The number of thiazole rings is 1. The van der Waals surface area contributed by atoms with Crippen molar-refractivity contribution in [2.45, 2.75) is 33.2 Å². The van der Waals surface area contributed by atoms with Crippen molar-refractivity contribution in [2.75, 3.05) is 27.2 Å². The van der Waals surface area contributed by atoms with Gasteiger partial charge in [-0.05, 0) is 38.0 Å². The van der Waals surface area contributed by atoms with Crippen LogP contribution in [0.15, 0.2) is 34.6 Å². The van der Waals surface area contributed by atoms with Gasteiger partial charge in [-0.3, -0.25) is 4.99 Å². The molecule has 0 unspecified atom stereocenters. The smallest absolute Gasteiger partial charge is 0.193 e. The maximum atomic E-state index is 5.48. The molecule has 144 valence electrons. The SMILES string of the molecule is CCOc1ccc(CN(C)C(=NC)NCCCc2nc(C)cs2)cc1.I. The summed E-state index contributed by atoms with van der Waals surface area (Å²) in [6.45, 7) is 6.41. The number of hydrogen-bond donors (Lipinski definition) is 1. The fourth-order valence-electron chi connectivity index (χ4n) is 2.55. The molecule has 0 saturated heterocycles. The maximum absolute atomic E-state index is 5.48. The van der Waals surface area contributed by atoms with Gasteiger partial charge in [0.05, 0.1) is 11.6 Å². The van der Waals surface area contributed by atoms with Gasteiger partial charge in [-0.1, -0.05) is 12.1 Å². The van der Waals surface area contributed by atoms with Crippen LogP contribution < -0.4 is 10.1 Å². The van der Waals surface area contributed by atoms with E-state index in [1.54, 1.807) is 11.3 Å². The minimum atomic E-state index is 0. The zero-order valence-electron chi connectivity index (χ0n) is 16.0. The summed E-state index contributed by atoms with van der Waals surface area (Å²) in [6, 6.07) is 8.22. The molecule has 2 aromatic rings. The average Bonchev–Trinajstić information content (AvgIpc) is 3.02. The zero-order valence-corrected chi connectivity index (χ0v) is 19.1. The number of hydrogen-bond acceptors (Lipinski definition) is 4. The molecule has 0 aliphatic carbocycles. The van der Waals surface area contributed by atoms with E-state index >= 15 is 0 Å². The Morgan fingerprint density at radius 2 is 2.04 bits per heavy atom. The van der Waals surface area contributed by atoms with Gasteiger partial charge in [0.2, 0.25) is 0 Å². The molecule has 5 nitrogen and oxygen atoms in total. The molecule has 0 amide bonds. The van der Waals surface area contributed by atoms with Gasteiger partial charge in [0.25, 0.3) is 0 Å². The van der Waals surface area contributed by atoms with E-state index in [4.69, 9.17) is 4.74 Å². The summed E-state index contributed by atoms with van der Waals surface area (Å²) in [7, 11) is 3.87. The van der Waals surface area contributed by atoms with Crippen molar-refractivity contribution in [3.63, 3.8) is 0 Å². The van der Waals surface area contributed by atoms with E-state index in [2.05, 4.69) is 44.8 Å². The maximum Gasteiger partial charge on any atom is 0.193 e. The summed E-state index contributed by atoms with van der Waals surface area (Å²) in [5.74, 6) is 1.82. The molecule has 0 radical (unpaired) electrons. The summed E-state index contributed by atoms with van der Waals surface area (Å²) in [5.41, 5.74) is 2.34. The first-order chi connectivity index (χ1) is 12.1. The highest BCUT2D eigenvalue weighted by Crippen LogP contribution is 2.13. The minimum absolute atomic E-state index is 0. The van der Waals surface area contributed by atoms with Crippen LogP contribution in [-0.2, 0) is 13.0 Å². The Morgan fingerprint density at radius 3 is 2.62 bits per heavy atom. The van der Waals surface area contributed by atoms with Crippen LogP contribution in [0.25, 0.3) is 0 Å². The number of ether oxygens (including phenoxy) is 1. The van der Waals surface area contributed by atoms with Gasteiger partial charge in [-0.15, -0.1) is 35.3 Å². The molecule has 1 N–H and O–H groups in total. The summed E-state index contributed by atoms with van der Waals surface area (Å²) < 4.78 is 5.48. The van der Waals surface area contributed by atoms with Crippen LogP contribution in [0.2, 0.25) is 0 Å². The number of aliphatic imine (C=N–C) groups is 1. The standard InChI is InChI=1S/C19H28N4OS.HI/c1-5-24-17-10-8-16(9-11-17)13-23(4)19(20-3)21-12-6-7-18-22-15(2)14-25-18;/h8-11,14H,5-7,12-13H2,1-4H3,(H,20,21);1H. The molecule has 1 heterocycles. The molecular formula is C19H29IN4OS. The summed E-state index contributed by atoms with van der Waals surface area (Å²) in [6.07, 6.45) is 2.05. The highest BCUT2D eigenvalue weighted by molar-refractivity contribution is 14.0. The van der Waals surface area contributed by atoms with Gasteiger partial charge in [0.1, 0.15) is 5.75 Å². The molecule has 0 aliphatic rings. The predicted molar refractivity (Wildman–Crippen MR) is 121 cm³/mol. The van der Waals surface area contributed by atoms with Crippen LogP contribution >= 0.6 is 35.3 Å². The number of halogens is 1. The third kappa shape index (κ3) is 7.49. The van der Waals surface area contributed by atoms with Crippen LogP contribution in [0, 0.1) is 6.92 Å². The third-order valence-corrected chi connectivity index (χ3v) is 4.77. The first kappa shape index (κ1) is 22.7. The van der Waals surface area contributed by atoms with E-state index in [9.17, 15) is 0 Å². The molecule has 0 fully saturated rings. The second-order valence-electron chi connectivity index (χ2n) is 5.89. The van der Waals surface area contributed by atoms with Crippen molar-refractivity contribution in [2.24, 2.45) is 4.99 Å². The summed E-state index contributed by atoms with van der Waals surface area (Å²) >= 11 is 1.74. The molecule has 0 atom stereocenters. The van der Waals surface area contributed by atoms with Gasteiger partial charge in [-0.2, -0.15) is 0 Å². The van der Waals surface area contributed by atoms with Crippen molar-refractivity contribution >= 4 is 41.3 Å². The van der Waals surface area contributed by atoms with E-state index in [0.717, 1.165) is 43.3 Å². The number of aromatic nitrogens is 1. The van der Waals surface area contributed by atoms with Crippen LogP contribution in [0.4, 0.5) is 0 Å². The average molecular weight is 488 g/mol. The lowest BCUT2D eigenvalue weighted by Crippen LogP contribution is -2.39. The highest BCUT2D eigenvalue weighted by Gasteiger charge is 2.07. The van der Waals surface area contributed by atoms with Gasteiger partial charge < -0.3 is 15.0 Å². The van der Waals surface area contributed by atoms with Crippen molar-refractivity contribution in [1.29, 1.82) is 0 Å². The van der Waals surface area contributed by atoms with E-state index in [1.807, 2.05) is 33.0 Å². The molecule has 1 aromatic heterocycles. The lowest BCUT2D eigenvalue weighted by atomic mass is 10.2. The summed E-state index contributed by atoms with van der Waals surface area (Å²) in [5, 5.41) is 6.74. The molecule has 2 rings (SSSR count). The second kappa shape index (κ2) is 12.1. The Morgan fingerprint density at radius 1 is 1.31 bits per heavy atom. The molecule has 0 saturated carbocycles. The quantitative estimate of drug-likeness (QED) is 0.263. The number of guanidine groups is 1. The number of benzene rings is 1. The lowest BCUT2D eigenvalue weighted by molar-refractivity contribution is 0.340. The number of nitrogens with zero attached hydrogens (tertiary/aromatic N) is 3. The molecule has 0 spiro atoms. The monoisotopic (exact) mass is 488 g/mol. The van der Waals surface area contributed by atoms with Crippen molar-refractivity contribution in [3.8, 4) is 5.75 Å². The highest BCUT2D eigenvalue weighted by atomic mass is 127. The molecular weight excluding hydrogens is 459 g/mol. The normalized spacial score (nSPS) is 11.0. The van der Waals surface area contributed by atoms with Crippen LogP contribution in [0.3, 0.4) is 0 Å². The third-order valence-electron chi connectivity index (χ3n) is 3.74. The van der Waals surface area contributed by atoms with Gasteiger partial charge >= 0.3 is 0 Å². The van der Waals surface area contributed by atoms with Crippen LogP contribution in [0.5, 0.6) is 5.75 Å². The van der Waals surface area contributed by atoms with E-state index in [-0.39, 0.29) is 24.0 Å². The lowest BCUT2D eigenvalue weighted by Gasteiger charge is -2.22. The fraction of sp³-hybridized carbons (Fsp3) is 0.474. The Balaban J connectivity index is 0.00000338. The van der Waals surface area contributed by atoms with Crippen molar-refractivity contribution in [1.82, 2.24) is 15.2 Å². The van der Waals surface area contributed by atoms with E-state index in [0.29, 0.717) is 6.61 Å². The fourth-order valence-corrected chi connectivity index (χ4v) is 3.37. The van der Waals surface area contributed by atoms with Crippen LogP contribution in [0.1, 0.15) is 29.6 Å². The van der Waals surface area contributed by atoms with Crippen molar-refractivity contribution < 1.29 is 4.74 Å². The van der Waals surface area contributed by atoms with E-state index < -0.39 is 0 Å². The molecule has 26 heavy (non-hydrogen) atoms. The summed E-state index contributed by atoms with van der Waals surface area (Å²) in [4.78, 5) is 11.0. The number of aryl methyl sites for hydroxylation is 2. The molecule has 0 bridgehead atoms. The predicted octanol–water partition coefficient (Wildman–Crippen LogP) is 4.11. The van der Waals surface area contributed by atoms with Gasteiger partial charge in [-0.25, -0.2) is 4.98 Å². The Kier molecular flexibility index (Phi) is 10.6. The van der Waals surface area contributed by atoms with Crippen LogP contribution in [-0.4, -0.2) is 43.1 Å². The second-order valence-corrected chi connectivity index (χ2v) is 6.84. The van der Waals surface area contributed by atoms with Gasteiger partial charge in [0.15, 0.2) is 5.96 Å². The largest absolute Gasteiger partial charge is 0.494 e. The minimum Gasteiger partial charge on any atom is -0.494 e. The topological polar surface area (TPSA) is 49.8 Å². The Hall–Kier alpha value is -1.35. The first-order valence-corrected chi connectivity index (χ1v) is 9.55. The van der Waals surface area contributed by atoms with Crippen molar-refractivity contribution in [3.05, 3.63) is 45.9 Å². The van der Waals surface area contributed by atoms with E-state index in [1.165, 1.54) is 10.6 Å². The Labute approximate surface area is 177 Å². The Bertz CT molecular complexity index is 672. The zero-order chi connectivity index (χ0) is 18.1. The molecule has 7 heteroatoms. The first-order valence-electron chi connectivity index (χ1n) is 8.67.